The Morgan fingerprint density at radius 1 is 0.971 bits per heavy atom. The molecule has 1 aromatic heterocycles. The Hall–Kier alpha value is -2.76. The van der Waals surface area contributed by atoms with Gasteiger partial charge in [-0.05, 0) is 62.2 Å². The van der Waals surface area contributed by atoms with Gasteiger partial charge in [-0.3, -0.25) is 10.1 Å². The number of nitrogens with one attached hydrogen (secondary N) is 1. The van der Waals surface area contributed by atoms with Crippen LogP contribution >= 0.6 is 11.6 Å². The van der Waals surface area contributed by atoms with E-state index in [0.29, 0.717) is 5.02 Å². The van der Waals surface area contributed by atoms with Crippen LogP contribution in [0.25, 0.3) is 0 Å². The van der Waals surface area contributed by atoms with Crippen molar-refractivity contribution in [3.05, 3.63) is 65.0 Å². The van der Waals surface area contributed by atoms with Crippen LogP contribution < -0.4 is 5.32 Å². The summed E-state index contributed by atoms with van der Waals surface area (Å²) in [6, 6.07) is 12.1. The molecule has 0 aliphatic carbocycles. The quantitative estimate of drug-likeness (QED) is 0.423. The maximum Gasteiger partial charge on any atom is 0.322 e. The predicted molar refractivity (Wildman–Crippen MR) is 127 cm³/mol. The molecule has 1 N–H and O–H groups in total. The lowest BCUT2D eigenvalue weighted by Crippen LogP contribution is -2.14. The molecule has 12 heteroatoms. The highest BCUT2D eigenvalue weighted by molar-refractivity contribution is 7.92. The van der Waals surface area contributed by atoms with E-state index in [2.05, 4.69) is 15.5 Å². The third-order valence-corrected chi connectivity index (χ3v) is 9.17. The molecular formula is C22H24ClN3O6S2. The molecule has 0 saturated carbocycles. The maximum atomic E-state index is 12.3. The summed E-state index contributed by atoms with van der Waals surface area (Å²) in [4.78, 5) is 12.5. The fourth-order valence-electron chi connectivity index (χ4n) is 2.98. The van der Waals surface area contributed by atoms with E-state index >= 15 is 0 Å². The molecule has 2 aromatic carbocycles. The SMILES string of the molecule is CC(C)S(=O)(=O)c1ccc(Cc2nnc(NC(=O)CCCS(=O)(=O)c3ccc(Cl)cc3)o2)cc1. The second-order valence-electron chi connectivity index (χ2n) is 7.84. The van der Waals surface area contributed by atoms with Crippen LogP contribution in [0.15, 0.2) is 62.7 Å². The summed E-state index contributed by atoms with van der Waals surface area (Å²) in [6.07, 6.45) is 0.323. The van der Waals surface area contributed by atoms with Gasteiger partial charge in [-0.2, -0.15) is 0 Å². The Morgan fingerprint density at radius 2 is 1.59 bits per heavy atom. The fourth-order valence-corrected chi connectivity index (χ4v) is 5.48. The van der Waals surface area contributed by atoms with Crippen LogP contribution in [-0.4, -0.2) is 43.9 Å². The molecule has 0 radical (unpaired) electrons. The van der Waals surface area contributed by atoms with Gasteiger partial charge in [-0.15, -0.1) is 5.10 Å². The van der Waals surface area contributed by atoms with E-state index in [-0.39, 0.29) is 46.7 Å². The largest absolute Gasteiger partial charge is 0.407 e. The number of aromatic nitrogens is 2. The van der Waals surface area contributed by atoms with E-state index in [1.165, 1.54) is 36.4 Å². The monoisotopic (exact) mass is 525 g/mol. The summed E-state index contributed by atoms with van der Waals surface area (Å²) in [6.45, 7) is 3.24. The molecule has 0 aliphatic heterocycles. The van der Waals surface area contributed by atoms with Crippen LogP contribution in [0.2, 0.25) is 5.02 Å². The molecule has 0 saturated heterocycles. The van der Waals surface area contributed by atoms with Gasteiger partial charge in [0.2, 0.25) is 11.8 Å². The first-order valence-corrected chi connectivity index (χ1v) is 14.0. The van der Waals surface area contributed by atoms with Crippen LogP contribution in [0.1, 0.15) is 38.1 Å². The van der Waals surface area contributed by atoms with Crippen molar-refractivity contribution in [3.63, 3.8) is 0 Å². The number of benzene rings is 2. The van der Waals surface area contributed by atoms with Gasteiger partial charge < -0.3 is 4.42 Å². The first kappa shape index (κ1) is 25.9. The molecule has 0 atom stereocenters. The molecule has 3 aromatic rings. The Bertz CT molecular complexity index is 1350. The number of anilines is 1. The van der Waals surface area contributed by atoms with Crippen LogP contribution in [0.3, 0.4) is 0 Å². The summed E-state index contributed by atoms with van der Waals surface area (Å²) in [5.74, 6) is -0.413. The minimum absolute atomic E-state index is 0.0453. The first-order valence-electron chi connectivity index (χ1n) is 10.4. The van der Waals surface area contributed by atoms with Crippen LogP contribution in [0.4, 0.5) is 6.01 Å². The van der Waals surface area contributed by atoms with Crippen molar-refractivity contribution in [3.8, 4) is 0 Å². The lowest BCUT2D eigenvalue weighted by Gasteiger charge is -2.08. The average molecular weight is 526 g/mol. The lowest BCUT2D eigenvalue weighted by atomic mass is 10.1. The molecule has 34 heavy (non-hydrogen) atoms. The van der Waals surface area contributed by atoms with Gasteiger partial charge in [0.15, 0.2) is 19.7 Å². The standard InChI is InChI=1S/C22H24ClN3O6S2/c1-15(2)34(30,31)19-9-5-16(6-10-19)14-21-25-26-22(32-21)24-20(27)4-3-13-33(28,29)18-11-7-17(23)8-12-18/h5-12,15H,3-4,13-14H2,1-2H3,(H,24,26,27). The van der Waals surface area contributed by atoms with Crippen molar-refractivity contribution < 1.29 is 26.0 Å². The minimum Gasteiger partial charge on any atom is -0.407 e. The highest BCUT2D eigenvalue weighted by atomic mass is 35.5. The van der Waals surface area contributed by atoms with Gasteiger partial charge in [-0.25, -0.2) is 16.8 Å². The molecule has 0 bridgehead atoms. The summed E-state index contributed by atoms with van der Waals surface area (Å²) in [7, 11) is -6.87. The van der Waals surface area contributed by atoms with Gasteiger partial charge in [0.05, 0.1) is 27.2 Å². The van der Waals surface area contributed by atoms with Crippen LogP contribution in [-0.2, 0) is 30.9 Å². The van der Waals surface area contributed by atoms with Gasteiger partial charge in [-0.1, -0.05) is 28.8 Å². The zero-order valence-corrected chi connectivity index (χ0v) is 21.0. The summed E-state index contributed by atoms with van der Waals surface area (Å²) >= 11 is 5.77. The molecule has 0 spiro atoms. The van der Waals surface area contributed by atoms with Crippen molar-refractivity contribution in [1.29, 1.82) is 0 Å². The van der Waals surface area contributed by atoms with Gasteiger partial charge >= 0.3 is 6.01 Å². The molecule has 1 heterocycles. The van der Waals surface area contributed by atoms with E-state index in [0.717, 1.165) is 5.56 Å². The zero-order chi connectivity index (χ0) is 24.9. The number of sulfone groups is 2. The maximum absolute atomic E-state index is 12.3. The number of carbonyl (C=O) groups is 1. The number of nitrogens with zero attached hydrogens (tertiary/aromatic N) is 2. The van der Waals surface area contributed by atoms with Crippen molar-refractivity contribution >= 4 is 43.2 Å². The van der Waals surface area contributed by atoms with Gasteiger partial charge in [0, 0.05) is 11.4 Å². The van der Waals surface area contributed by atoms with Crippen molar-refractivity contribution in [2.75, 3.05) is 11.1 Å². The van der Waals surface area contributed by atoms with E-state index in [4.69, 9.17) is 16.0 Å². The summed E-state index contributed by atoms with van der Waals surface area (Å²) < 4.78 is 54.5. The molecule has 3 rings (SSSR count). The van der Waals surface area contributed by atoms with Gasteiger partial charge in [0.25, 0.3) is 0 Å². The number of carbonyl (C=O) groups excluding carboxylic acids is 1. The molecule has 9 nitrogen and oxygen atoms in total. The minimum atomic E-state index is -3.52. The number of rotatable bonds is 10. The summed E-state index contributed by atoms with van der Waals surface area (Å²) in [5.41, 5.74) is 0.761. The molecule has 182 valence electrons. The Balaban J connectivity index is 1.50. The highest BCUT2D eigenvalue weighted by Crippen LogP contribution is 2.19. The van der Waals surface area contributed by atoms with Gasteiger partial charge in [0.1, 0.15) is 0 Å². The average Bonchev–Trinajstić information content (AvgIpc) is 3.20. The Kier molecular flexibility index (Phi) is 8.11. The van der Waals surface area contributed by atoms with Crippen molar-refractivity contribution in [2.24, 2.45) is 0 Å². The van der Waals surface area contributed by atoms with E-state index in [9.17, 15) is 21.6 Å². The Labute approximate surface area is 203 Å². The normalized spacial score (nSPS) is 12.1. The zero-order valence-electron chi connectivity index (χ0n) is 18.6. The smallest absolute Gasteiger partial charge is 0.322 e. The highest BCUT2D eigenvalue weighted by Gasteiger charge is 2.19. The second-order valence-corrected chi connectivity index (χ2v) is 12.9. The predicted octanol–water partition coefficient (Wildman–Crippen LogP) is 3.69. The summed E-state index contributed by atoms with van der Waals surface area (Å²) in [5, 5.41) is 10.0. The second kappa shape index (κ2) is 10.7. The topological polar surface area (TPSA) is 136 Å². The number of hydrogen-bond acceptors (Lipinski definition) is 8. The van der Waals surface area contributed by atoms with Crippen LogP contribution in [0.5, 0.6) is 0 Å². The third kappa shape index (κ3) is 6.64. The van der Waals surface area contributed by atoms with E-state index in [1.54, 1.807) is 26.0 Å². The number of amides is 1. The van der Waals surface area contributed by atoms with E-state index in [1.807, 2.05) is 0 Å². The Morgan fingerprint density at radius 3 is 2.21 bits per heavy atom. The third-order valence-electron chi connectivity index (χ3n) is 4.93. The van der Waals surface area contributed by atoms with E-state index < -0.39 is 30.8 Å². The molecule has 1 amide bonds. The number of halogens is 1. The van der Waals surface area contributed by atoms with Crippen molar-refractivity contribution in [1.82, 2.24) is 10.2 Å². The molecular weight excluding hydrogens is 502 g/mol. The van der Waals surface area contributed by atoms with Crippen molar-refractivity contribution in [2.45, 2.75) is 48.2 Å². The molecule has 0 fully saturated rings. The number of hydrogen-bond donors (Lipinski definition) is 1. The molecule has 0 aliphatic rings. The molecule has 0 unspecified atom stereocenters. The fraction of sp³-hybridized carbons (Fsp3) is 0.318. The first-order chi connectivity index (χ1) is 16.0. The van der Waals surface area contributed by atoms with Crippen LogP contribution in [0, 0.1) is 0 Å². The lowest BCUT2D eigenvalue weighted by molar-refractivity contribution is -0.116.